The molecule has 2 amide bonds. The molecule has 0 spiro atoms. The molecule has 3 aromatic rings. The molecule has 0 unspecified atom stereocenters. The number of hydrogen-bond donors (Lipinski definition) is 2. The summed E-state index contributed by atoms with van der Waals surface area (Å²) in [5.41, 5.74) is 0.969. The standard InChI is InChI=1S/C18H16N2O4S/c1-23-13-6-4-12(5-7-13)11-19-18(22)15-8-9-16(25-15)20-17(21)14-3-2-10-24-14/h2-10H,11H2,1H3,(H,19,22)(H,20,21). The van der Waals surface area contributed by atoms with Crippen LogP contribution in [0.25, 0.3) is 0 Å². The van der Waals surface area contributed by atoms with Gasteiger partial charge in [-0.1, -0.05) is 12.1 Å². The average Bonchev–Trinajstić information content (AvgIpc) is 3.32. The lowest BCUT2D eigenvalue weighted by molar-refractivity contribution is 0.0953. The molecule has 0 aliphatic carbocycles. The Kier molecular flexibility index (Phi) is 5.15. The van der Waals surface area contributed by atoms with Gasteiger partial charge < -0.3 is 19.8 Å². The zero-order valence-corrected chi connectivity index (χ0v) is 14.3. The molecule has 128 valence electrons. The van der Waals surface area contributed by atoms with Crippen LogP contribution in [0.5, 0.6) is 5.75 Å². The molecule has 2 aromatic heterocycles. The zero-order valence-electron chi connectivity index (χ0n) is 13.4. The Morgan fingerprint density at radius 2 is 1.88 bits per heavy atom. The molecular formula is C18H16N2O4S. The highest BCUT2D eigenvalue weighted by Crippen LogP contribution is 2.22. The van der Waals surface area contributed by atoms with Gasteiger partial charge in [-0.05, 0) is 42.0 Å². The fraction of sp³-hybridized carbons (Fsp3) is 0.111. The molecule has 6 nitrogen and oxygen atoms in total. The number of amides is 2. The minimum atomic E-state index is -0.350. The molecule has 25 heavy (non-hydrogen) atoms. The first-order valence-corrected chi connectivity index (χ1v) is 8.33. The van der Waals surface area contributed by atoms with E-state index in [1.807, 2.05) is 24.3 Å². The Morgan fingerprint density at radius 3 is 2.56 bits per heavy atom. The quantitative estimate of drug-likeness (QED) is 0.708. The van der Waals surface area contributed by atoms with Crippen molar-refractivity contribution in [2.45, 2.75) is 6.54 Å². The second kappa shape index (κ2) is 7.67. The van der Waals surface area contributed by atoms with Crippen molar-refractivity contribution in [3.05, 3.63) is 71.0 Å². The van der Waals surface area contributed by atoms with Crippen LogP contribution in [0.4, 0.5) is 5.00 Å². The second-order valence-electron chi connectivity index (χ2n) is 5.13. The number of rotatable bonds is 6. The molecule has 2 heterocycles. The monoisotopic (exact) mass is 356 g/mol. The highest BCUT2D eigenvalue weighted by molar-refractivity contribution is 7.18. The van der Waals surface area contributed by atoms with Crippen molar-refractivity contribution < 1.29 is 18.7 Å². The van der Waals surface area contributed by atoms with Gasteiger partial charge in [-0.3, -0.25) is 9.59 Å². The lowest BCUT2D eigenvalue weighted by Crippen LogP contribution is -2.21. The molecule has 2 N–H and O–H groups in total. The lowest BCUT2D eigenvalue weighted by Gasteiger charge is -2.05. The molecule has 0 aliphatic rings. The summed E-state index contributed by atoms with van der Waals surface area (Å²) in [4.78, 5) is 24.6. The molecule has 0 saturated carbocycles. The van der Waals surface area contributed by atoms with Crippen molar-refractivity contribution in [1.29, 1.82) is 0 Å². The summed E-state index contributed by atoms with van der Waals surface area (Å²) < 4.78 is 10.1. The van der Waals surface area contributed by atoms with E-state index in [0.29, 0.717) is 16.4 Å². The van der Waals surface area contributed by atoms with Gasteiger partial charge in [-0.15, -0.1) is 11.3 Å². The van der Waals surface area contributed by atoms with Crippen LogP contribution in [0.3, 0.4) is 0 Å². The smallest absolute Gasteiger partial charge is 0.291 e. The third kappa shape index (κ3) is 4.27. The Balaban J connectivity index is 1.55. The van der Waals surface area contributed by atoms with Gasteiger partial charge in [0.2, 0.25) is 0 Å². The predicted molar refractivity (Wildman–Crippen MR) is 95.1 cm³/mol. The van der Waals surface area contributed by atoms with E-state index < -0.39 is 0 Å². The van der Waals surface area contributed by atoms with Crippen molar-refractivity contribution in [2.75, 3.05) is 12.4 Å². The molecule has 0 saturated heterocycles. The predicted octanol–water partition coefficient (Wildman–Crippen LogP) is 3.53. The summed E-state index contributed by atoms with van der Waals surface area (Å²) in [7, 11) is 1.61. The van der Waals surface area contributed by atoms with Gasteiger partial charge in [0.1, 0.15) is 5.75 Å². The summed E-state index contributed by atoms with van der Waals surface area (Å²) in [6, 6.07) is 14.0. The minimum Gasteiger partial charge on any atom is -0.497 e. The molecule has 7 heteroatoms. The summed E-state index contributed by atoms with van der Waals surface area (Å²) in [5.74, 6) is 0.445. The van der Waals surface area contributed by atoms with E-state index in [-0.39, 0.29) is 17.6 Å². The van der Waals surface area contributed by atoms with E-state index in [1.54, 1.807) is 31.4 Å². The lowest BCUT2D eigenvalue weighted by atomic mass is 10.2. The molecule has 0 fully saturated rings. The number of thiophene rings is 1. The molecule has 0 atom stereocenters. The van der Waals surface area contributed by atoms with Crippen LogP contribution in [-0.4, -0.2) is 18.9 Å². The van der Waals surface area contributed by atoms with E-state index in [4.69, 9.17) is 9.15 Å². The van der Waals surface area contributed by atoms with Gasteiger partial charge in [0, 0.05) is 6.54 Å². The van der Waals surface area contributed by atoms with Crippen LogP contribution in [0.15, 0.2) is 59.2 Å². The maximum atomic E-state index is 12.2. The number of carbonyl (C=O) groups excluding carboxylic acids is 2. The van der Waals surface area contributed by atoms with Gasteiger partial charge in [0.15, 0.2) is 5.76 Å². The van der Waals surface area contributed by atoms with Crippen molar-refractivity contribution in [3.63, 3.8) is 0 Å². The van der Waals surface area contributed by atoms with Crippen LogP contribution in [0, 0.1) is 0 Å². The summed E-state index contributed by atoms with van der Waals surface area (Å²) in [6.07, 6.45) is 1.43. The first-order valence-electron chi connectivity index (χ1n) is 7.51. The topological polar surface area (TPSA) is 80.6 Å². The second-order valence-corrected chi connectivity index (χ2v) is 6.21. The van der Waals surface area contributed by atoms with Gasteiger partial charge in [0.05, 0.1) is 23.3 Å². The SMILES string of the molecule is COc1ccc(CNC(=O)c2ccc(NC(=O)c3ccco3)s2)cc1. The first-order chi connectivity index (χ1) is 12.2. The van der Waals surface area contributed by atoms with Crippen LogP contribution >= 0.6 is 11.3 Å². The normalized spacial score (nSPS) is 10.3. The fourth-order valence-electron chi connectivity index (χ4n) is 2.12. The number of nitrogens with one attached hydrogen (secondary N) is 2. The van der Waals surface area contributed by atoms with Gasteiger partial charge in [-0.2, -0.15) is 0 Å². The van der Waals surface area contributed by atoms with Crippen molar-refractivity contribution >= 4 is 28.2 Å². The van der Waals surface area contributed by atoms with Gasteiger partial charge in [0.25, 0.3) is 11.8 Å². The van der Waals surface area contributed by atoms with E-state index >= 15 is 0 Å². The largest absolute Gasteiger partial charge is 0.497 e. The molecular weight excluding hydrogens is 340 g/mol. The number of carbonyl (C=O) groups is 2. The Bertz CT molecular complexity index is 854. The number of hydrogen-bond acceptors (Lipinski definition) is 5. The van der Waals surface area contributed by atoms with Crippen molar-refractivity contribution in [2.24, 2.45) is 0 Å². The zero-order chi connectivity index (χ0) is 17.6. The summed E-state index contributed by atoms with van der Waals surface area (Å²) in [5, 5.41) is 6.12. The average molecular weight is 356 g/mol. The van der Waals surface area contributed by atoms with Crippen LogP contribution in [0.2, 0.25) is 0 Å². The molecule has 0 bridgehead atoms. The fourth-order valence-corrected chi connectivity index (χ4v) is 2.94. The van der Waals surface area contributed by atoms with Crippen molar-refractivity contribution in [1.82, 2.24) is 5.32 Å². The van der Waals surface area contributed by atoms with Crippen LogP contribution in [-0.2, 0) is 6.54 Å². The summed E-state index contributed by atoms with van der Waals surface area (Å²) >= 11 is 1.20. The molecule has 0 aliphatic heterocycles. The third-order valence-electron chi connectivity index (χ3n) is 3.42. The maximum absolute atomic E-state index is 12.2. The van der Waals surface area contributed by atoms with Crippen LogP contribution in [0.1, 0.15) is 25.8 Å². The molecule has 1 aromatic carbocycles. The van der Waals surface area contributed by atoms with Crippen LogP contribution < -0.4 is 15.4 Å². The van der Waals surface area contributed by atoms with E-state index in [1.165, 1.54) is 17.6 Å². The maximum Gasteiger partial charge on any atom is 0.291 e. The Labute approximate surface area is 148 Å². The van der Waals surface area contributed by atoms with E-state index in [2.05, 4.69) is 10.6 Å². The van der Waals surface area contributed by atoms with Gasteiger partial charge in [-0.25, -0.2) is 0 Å². The number of methoxy groups -OCH3 is 1. The minimum absolute atomic E-state index is 0.195. The highest BCUT2D eigenvalue weighted by Gasteiger charge is 2.13. The Morgan fingerprint density at radius 1 is 1.08 bits per heavy atom. The van der Waals surface area contributed by atoms with E-state index in [0.717, 1.165) is 11.3 Å². The van der Waals surface area contributed by atoms with Gasteiger partial charge >= 0.3 is 0 Å². The number of anilines is 1. The van der Waals surface area contributed by atoms with Crippen molar-refractivity contribution in [3.8, 4) is 5.75 Å². The van der Waals surface area contributed by atoms with E-state index in [9.17, 15) is 9.59 Å². The summed E-state index contributed by atoms with van der Waals surface area (Å²) in [6.45, 7) is 0.412. The molecule has 3 rings (SSSR count). The highest BCUT2D eigenvalue weighted by atomic mass is 32.1. The molecule has 0 radical (unpaired) electrons. The number of ether oxygens (including phenoxy) is 1. The number of furan rings is 1. The number of benzene rings is 1. The Hall–Kier alpha value is -3.06. The first kappa shape index (κ1) is 16.8. The third-order valence-corrected chi connectivity index (χ3v) is 4.42.